The van der Waals surface area contributed by atoms with Gasteiger partial charge in [0.05, 0.1) is 6.61 Å². The van der Waals surface area contributed by atoms with E-state index in [0.29, 0.717) is 19.3 Å². The second-order valence-corrected chi connectivity index (χ2v) is 6.51. The van der Waals surface area contributed by atoms with Gasteiger partial charge >= 0.3 is 18.0 Å². The van der Waals surface area contributed by atoms with Crippen LogP contribution >= 0.6 is 11.6 Å². The molecule has 0 N–H and O–H groups in total. The molecule has 0 saturated heterocycles. The second kappa shape index (κ2) is 11.3. The van der Waals surface area contributed by atoms with Gasteiger partial charge in [-0.05, 0) is 25.7 Å². The average molecular weight is 399 g/mol. The number of hydrogen-bond donors (Lipinski definition) is 0. The van der Waals surface area contributed by atoms with Crippen LogP contribution in [0.5, 0.6) is 0 Å². The largest absolute Gasteiger partial charge is 0.462 e. The summed E-state index contributed by atoms with van der Waals surface area (Å²) < 4.78 is 50.3. The Morgan fingerprint density at radius 3 is 1.88 bits per heavy atom. The maximum atomic E-state index is 14.1. The van der Waals surface area contributed by atoms with Crippen molar-refractivity contribution in [2.75, 3.05) is 6.61 Å². The van der Waals surface area contributed by atoms with Crippen LogP contribution in [0.1, 0.15) is 58.8 Å². The third-order valence-corrected chi connectivity index (χ3v) is 3.95. The molecule has 0 saturated carbocycles. The van der Waals surface area contributed by atoms with Gasteiger partial charge in [0, 0.05) is 17.6 Å². The molecule has 0 fully saturated rings. The van der Waals surface area contributed by atoms with Gasteiger partial charge in [0.2, 0.25) is 0 Å². The van der Waals surface area contributed by atoms with Crippen molar-refractivity contribution >= 4 is 23.5 Å². The van der Waals surface area contributed by atoms with E-state index in [9.17, 15) is 22.8 Å². The van der Waals surface area contributed by atoms with E-state index < -0.39 is 36.2 Å². The van der Waals surface area contributed by atoms with E-state index in [4.69, 9.17) is 11.6 Å². The molecule has 0 radical (unpaired) electrons. The van der Waals surface area contributed by atoms with Crippen molar-refractivity contribution in [3.05, 3.63) is 24.3 Å². The van der Waals surface area contributed by atoms with Gasteiger partial charge in [-0.2, -0.15) is 8.78 Å². The number of carbonyl (C=O) groups is 2. The molecule has 0 aliphatic rings. The zero-order chi connectivity index (χ0) is 20.4. The molecule has 0 aliphatic carbocycles. The van der Waals surface area contributed by atoms with Gasteiger partial charge in [0.1, 0.15) is 0 Å². The van der Waals surface area contributed by atoms with Crippen molar-refractivity contribution in [2.24, 2.45) is 0 Å². The fourth-order valence-corrected chi connectivity index (χ4v) is 1.88. The number of esters is 2. The summed E-state index contributed by atoms with van der Waals surface area (Å²) in [6.45, 7) is 9.90. The first-order chi connectivity index (χ1) is 12.0. The molecular formula is C18H26ClF3O4. The smallest absolute Gasteiger partial charge is 0.450 e. The summed E-state index contributed by atoms with van der Waals surface area (Å²) in [5, 5.41) is -3.72. The highest BCUT2D eigenvalue weighted by Gasteiger charge is 2.57. The molecule has 0 aromatic carbocycles. The third kappa shape index (κ3) is 8.25. The predicted octanol–water partition coefficient (Wildman–Crippen LogP) is 5.45. The predicted molar refractivity (Wildman–Crippen MR) is 93.6 cm³/mol. The average Bonchev–Trinajstić information content (AvgIpc) is 2.56. The summed E-state index contributed by atoms with van der Waals surface area (Å²) in [5.41, 5.74) is -0.0334. The third-order valence-electron chi connectivity index (χ3n) is 3.54. The molecule has 8 heteroatoms. The summed E-state index contributed by atoms with van der Waals surface area (Å²) in [6.07, 6.45) is -2.29. The highest BCUT2D eigenvalue weighted by molar-refractivity contribution is 6.23. The van der Waals surface area contributed by atoms with Crippen molar-refractivity contribution in [1.82, 2.24) is 0 Å². The number of hydrogen-bond acceptors (Lipinski definition) is 4. The fraction of sp³-hybridized carbons (Fsp3) is 0.667. The topological polar surface area (TPSA) is 52.6 Å². The summed E-state index contributed by atoms with van der Waals surface area (Å²) in [4.78, 5) is 23.1. The van der Waals surface area contributed by atoms with Crippen LogP contribution in [0.4, 0.5) is 13.2 Å². The van der Waals surface area contributed by atoms with Gasteiger partial charge in [-0.25, -0.2) is 14.0 Å². The van der Waals surface area contributed by atoms with Crippen molar-refractivity contribution in [1.29, 1.82) is 0 Å². The van der Waals surface area contributed by atoms with Crippen molar-refractivity contribution in [2.45, 2.75) is 70.0 Å². The van der Waals surface area contributed by atoms with Crippen LogP contribution in [0.15, 0.2) is 24.3 Å². The van der Waals surface area contributed by atoms with Gasteiger partial charge in [0.25, 0.3) is 5.13 Å². The minimum atomic E-state index is -4.60. The lowest BCUT2D eigenvalue weighted by Crippen LogP contribution is -2.44. The lowest BCUT2D eigenvalue weighted by molar-refractivity contribution is -0.272. The van der Waals surface area contributed by atoms with E-state index in [1.54, 1.807) is 0 Å². The zero-order valence-electron chi connectivity index (χ0n) is 15.2. The maximum Gasteiger partial charge on any atom is 0.450 e. The van der Waals surface area contributed by atoms with Crippen LogP contribution in [0.25, 0.3) is 0 Å². The minimum absolute atomic E-state index is 0.157. The molecule has 0 bridgehead atoms. The van der Waals surface area contributed by atoms with Crippen LogP contribution in [-0.4, -0.2) is 29.8 Å². The Kier molecular flexibility index (Phi) is 10.6. The molecule has 1 atom stereocenters. The van der Waals surface area contributed by atoms with Crippen LogP contribution < -0.4 is 0 Å². The number of ether oxygens (including phenoxy) is 2. The van der Waals surface area contributed by atoms with Gasteiger partial charge in [-0.3, -0.25) is 0 Å². The van der Waals surface area contributed by atoms with E-state index in [0.717, 1.165) is 12.8 Å². The summed E-state index contributed by atoms with van der Waals surface area (Å²) in [5.74, 6) is -2.23. The van der Waals surface area contributed by atoms with E-state index in [2.05, 4.69) is 22.6 Å². The highest BCUT2D eigenvalue weighted by Crippen LogP contribution is 2.40. The quantitative estimate of drug-likeness (QED) is 0.235. The van der Waals surface area contributed by atoms with Crippen LogP contribution in [0.2, 0.25) is 0 Å². The first kappa shape index (κ1) is 24.5. The number of rotatable bonds is 13. The molecule has 150 valence electrons. The van der Waals surface area contributed by atoms with E-state index >= 15 is 0 Å². The number of unbranched alkanes of at least 4 members (excludes halogenated alkanes) is 2. The number of alkyl halides is 4. The Balaban J connectivity index is 4.58. The van der Waals surface area contributed by atoms with Gasteiger partial charge in [0.15, 0.2) is 0 Å². The van der Waals surface area contributed by atoms with E-state index in [1.807, 2.05) is 13.8 Å². The standard InChI is InChI=1S/C18H26ClF3O4/c1-5-7-9-13(3)15(23)25-12-11-17(19,20)18(21,22)26-16(24)14(4)10-8-6-2/h3-12H2,1-2H3. The van der Waals surface area contributed by atoms with Gasteiger partial charge < -0.3 is 9.47 Å². The van der Waals surface area contributed by atoms with Crippen molar-refractivity contribution < 1.29 is 32.2 Å². The van der Waals surface area contributed by atoms with Crippen LogP contribution in [0, 0.1) is 0 Å². The molecule has 1 unspecified atom stereocenters. The fourth-order valence-electron chi connectivity index (χ4n) is 1.77. The van der Waals surface area contributed by atoms with E-state index in [-0.39, 0.29) is 17.6 Å². The first-order valence-electron chi connectivity index (χ1n) is 8.50. The SMILES string of the molecule is C=C(CCCC)C(=O)OCCC(F)(Cl)C(F)(F)OC(=O)C(=C)CCCC. The van der Waals surface area contributed by atoms with Crippen molar-refractivity contribution in [3.63, 3.8) is 0 Å². The summed E-state index contributed by atoms with van der Waals surface area (Å²) >= 11 is 5.19. The lowest BCUT2D eigenvalue weighted by Gasteiger charge is -2.27. The second-order valence-electron chi connectivity index (χ2n) is 5.91. The van der Waals surface area contributed by atoms with Crippen molar-refractivity contribution in [3.8, 4) is 0 Å². The summed E-state index contributed by atoms with van der Waals surface area (Å²) in [7, 11) is 0. The maximum absolute atomic E-state index is 14.1. The zero-order valence-corrected chi connectivity index (χ0v) is 16.0. The molecule has 0 aromatic heterocycles. The molecule has 4 nitrogen and oxygen atoms in total. The molecule has 0 aromatic rings. The van der Waals surface area contributed by atoms with E-state index in [1.165, 1.54) is 0 Å². The Labute approximate surface area is 157 Å². The molecule has 26 heavy (non-hydrogen) atoms. The molecule has 0 rings (SSSR count). The normalized spacial score (nSPS) is 13.6. The molecule has 0 spiro atoms. The molecule has 0 heterocycles. The Morgan fingerprint density at radius 2 is 1.42 bits per heavy atom. The minimum Gasteiger partial charge on any atom is -0.462 e. The van der Waals surface area contributed by atoms with Gasteiger partial charge in [-0.15, -0.1) is 0 Å². The van der Waals surface area contributed by atoms with Crippen LogP contribution in [0.3, 0.4) is 0 Å². The Bertz CT molecular complexity index is 519. The highest BCUT2D eigenvalue weighted by atomic mass is 35.5. The lowest BCUT2D eigenvalue weighted by atomic mass is 10.1. The Hall–Kier alpha value is -1.50. The monoisotopic (exact) mass is 398 g/mol. The molecular weight excluding hydrogens is 373 g/mol. The van der Waals surface area contributed by atoms with Gasteiger partial charge in [-0.1, -0.05) is 51.4 Å². The van der Waals surface area contributed by atoms with Crippen LogP contribution in [-0.2, 0) is 19.1 Å². The Morgan fingerprint density at radius 1 is 0.962 bits per heavy atom. The first-order valence-corrected chi connectivity index (χ1v) is 8.88. The molecule has 0 aliphatic heterocycles. The molecule has 0 amide bonds. The summed E-state index contributed by atoms with van der Waals surface area (Å²) in [6, 6.07) is 0. The number of halogens is 4. The number of carbonyl (C=O) groups excluding carboxylic acids is 2.